The Morgan fingerprint density at radius 3 is 2.40 bits per heavy atom. The fourth-order valence-electron chi connectivity index (χ4n) is 3.77. The van der Waals surface area contributed by atoms with Crippen molar-refractivity contribution in [2.45, 2.75) is 44.9 Å². The second-order valence-corrected chi connectivity index (χ2v) is 10.5. The Hall–Kier alpha value is -2.23. The van der Waals surface area contributed by atoms with Crippen LogP contribution in [0.4, 0.5) is 5.00 Å². The highest BCUT2D eigenvalue weighted by atomic mass is 32.2. The van der Waals surface area contributed by atoms with Crippen LogP contribution in [0.15, 0.2) is 29.2 Å². The Balaban J connectivity index is 1.85. The topological polar surface area (TPSA) is 110 Å². The van der Waals surface area contributed by atoms with Crippen LogP contribution in [0.1, 0.15) is 58.3 Å². The molecule has 3 N–H and O–H groups in total. The summed E-state index contributed by atoms with van der Waals surface area (Å²) in [5.41, 5.74) is 7.26. The number of anilines is 1. The molecule has 2 aromatic rings. The van der Waals surface area contributed by atoms with Crippen molar-refractivity contribution in [3.63, 3.8) is 0 Å². The molecule has 30 heavy (non-hydrogen) atoms. The molecule has 1 unspecified atom stereocenters. The van der Waals surface area contributed by atoms with E-state index in [0.717, 1.165) is 29.7 Å². The van der Waals surface area contributed by atoms with Crippen molar-refractivity contribution in [3.8, 4) is 0 Å². The fourth-order valence-corrected chi connectivity index (χ4v) is 6.48. The SMILES string of the molecule is CCN(CC)S(=O)(=O)c1ccc(C(=O)Nc2sc3c(c2C(N)=O)CC(C)CC3)cc1. The average Bonchev–Trinajstić information content (AvgIpc) is 3.05. The second-order valence-electron chi connectivity index (χ2n) is 7.49. The summed E-state index contributed by atoms with van der Waals surface area (Å²) < 4.78 is 26.6. The van der Waals surface area contributed by atoms with Gasteiger partial charge in [-0.25, -0.2) is 8.42 Å². The maximum absolute atomic E-state index is 12.8. The molecule has 9 heteroatoms. The Bertz CT molecular complexity index is 1050. The fraction of sp³-hybridized carbons (Fsp3) is 0.429. The number of primary amides is 1. The summed E-state index contributed by atoms with van der Waals surface area (Å²) in [6.45, 7) is 6.44. The first-order valence-corrected chi connectivity index (χ1v) is 12.3. The first-order valence-electron chi connectivity index (χ1n) is 10.0. The van der Waals surface area contributed by atoms with E-state index in [1.807, 2.05) is 0 Å². The van der Waals surface area contributed by atoms with Crippen molar-refractivity contribution in [2.75, 3.05) is 18.4 Å². The number of rotatable bonds is 7. The maximum Gasteiger partial charge on any atom is 0.256 e. The normalized spacial score (nSPS) is 16.3. The molecule has 1 aliphatic rings. The molecule has 0 saturated carbocycles. The van der Waals surface area contributed by atoms with Gasteiger partial charge in [-0.15, -0.1) is 11.3 Å². The minimum Gasteiger partial charge on any atom is -0.365 e. The average molecular weight is 450 g/mol. The smallest absolute Gasteiger partial charge is 0.256 e. The second kappa shape index (κ2) is 8.87. The van der Waals surface area contributed by atoms with Gasteiger partial charge in [0.1, 0.15) is 5.00 Å². The molecule has 1 atom stereocenters. The van der Waals surface area contributed by atoms with Crippen molar-refractivity contribution >= 4 is 38.2 Å². The van der Waals surface area contributed by atoms with E-state index in [9.17, 15) is 18.0 Å². The van der Waals surface area contributed by atoms with Crippen molar-refractivity contribution in [1.29, 1.82) is 0 Å². The van der Waals surface area contributed by atoms with Crippen LogP contribution in [0.5, 0.6) is 0 Å². The van der Waals surface area contributed by atoms with Gasteiger partial charge in [0.05, 0.1) is 10.5 Å². The van der Waals surface area contributed by atoms with Crippen LogP contribution >= 0.6 is 11.3 Å². The summed E-state index contributed by atoms with van der Waals surface area (Å²) in [5, 5.41) is 3.27. The van der Waals surface area contributed by atoms with Crippen molar-refractivity contribution in [1.82, 2.24) is 4.31 Å². The molecule has 162 valence electrons. The van der Waals surface area contributed by atoms with E-state index in [2.05, 4.69) is 12.2 Å². The minimum absolute atomic E-state index is 0.140. The Morgan fingerprint density at radius 2 is 1.83 bits per heavy atom. The lowest BCUT2D eigenvalue weighted by molar-refractivity contribution is 0.1000. The molecule has 0 saturated heterocycles. The lowest BCUT2D eigenvalue weighted by atomic mass is 9.87. The number of nitrogens with two attached hydrogens (primary N) is 1. The van der Waals surface area contributed by atoms with Crippen LogP contribution in [0.3, 0.4) is 0 Å². The maximum atomic E-state index is 12.8. The minimum atomic E-state index is -3.59. The first kappa shape index (κ1) is 22.5. The predicted molar refractivity (Wildman–Crippen MR) is 119 cm³/mol. The molecule has 0 radical (unpaired) electrons. The van der Waals surface area contributed by atoms with Crippen LogP contribution in [0.2, 0.25) is 0 Å². The number of carbonyl (C=O) groups excluding carboxylic acids is 2. The van der Waals surface area contributed by atoms with Crippen LogP contribution in [0.25, 0.3) is 0 Å². The molecule has 1 aromatic heterocycles. The number of hydrogen-bond donors (Lipinski definition) is 2. The summed E-state index contributed by atoms with van der Waals surface area (Å²) in [6, 6.07) is 5.81. The first-order chi connectivity index (χ1) is 14.2. The van der Waals surface area contributed by atoms with Crippen molar-refractivity contribution in [3.05, 3.63) is 45.8 Å². The summed E-state index contributed by atoms with van der Waals surface area (Å²) >= 11 is 1.40. The lowest BCUT2D eigenvalue weighted by Gasteiger charge is -2.18. The molecule has 1 aromatic carbocycles. The predicted octanol–water partition coefficient (Wildman–Crippen LogP) is 3.25. The van der Waals surface area contributed by atoms with E-state index in [-0.39, 0.29) is 4.90 Å². The molecule has 2 amide bonds. The molecule has 0 bridgehead atoms. The number of nitrogens with zero attached hydrogens (tertiary/aromatic N) is 1. The summed E-state index contributed by atoms with van der Waals surface area (Å²) in [7, 11) is -3.59. The Morgan fingerprint density at radius 1 is 1.20 bits per heavy atom. The van der Waals surface area contributed by atoms with Gasteiger partial charge in [-0.3, -0.25) is 9.59 Å². The van der Waals surface area contributed by atoms with E-state index in [1.165, 1.54) is 39.9 Å². The van der Waals surface area contributed by atoms with Crippen molar-refractivity contribution < 1.29 is 18.0 Å². The van der Waals surface area contributed by atoms with E-state index < -0.39 is 21.8 Å². The number of hydrogen-bond acceptors (Lipinski definition) is 5. The molecule has 7 nitrogen and oxygen atoms in total. The number of thiophene rings is 1. The van der Waals surface area contributed by atoms with Crippen LogP contribution in [0, 0.1) is 5.92 Å². The van der Waals surface area contributed by atoms with Crippen LogP contribution < -0.4 is 11.1 Å². The van der Waals surface area contributed by atoms with Gasteiger partial charge in [0.2, 0.25) is 10.0 Å². The third-order valence-electron chi connectivity index (χ3n) is 5.44. The quantitative estimate of drug-likeness (QED) is 0.676. The Labute approximate surface area is 181 Å². The zero-order chi connectivity index (χ0) is 22.1. The number of aryl methyl sites for hydroxylation is 1. The summed E-state index contributed by atoms with van der Waals surface area (Å²) in [6.07, 6.45) is 2.69. The number of carbonyl (C=O) groups is 2. The van der Waals surface area contributed by atoms with E-state index in [0.29, 0.717) is 35.1 Å². The number of sulfonamides is 1. The van der Waals surface area contributed by atoms with E-state index in [1.54, 1.807) is 13.8 Å². The largest absolute Gasteiger partial charge is 0.365 e. The lowest BCUT2D eigenvalue weighted by Crippen LogP contribution is -2.30. The van der Waals surface area contributed by atoms with Crippen LogP contribution in [-0.2, 0) is 22.9 Å². The number of benzene rings is 1. The van der Waals surface area contributed by atoms with Gasteiger partial charge in [-0.2, -0.15) is 4.31 Å². The van der Waals surface area contributed by atoms with Gasteiger partial charge < -0.3 is 11.1 Å². The molecule has 1 aliphatic carbocycles. The molecule has 0 fully saturated rings. The van der Waals surface area contributed by atoms with E-state index in [4.69, 9.17) is 5.73 Å². The third kappa shape index (κ3) is 4.28. The molecule has 0 spiro atoms. The van der Waals surface area contributed by atoms with Crippen molar-refractivity contribution in [2.24, 2.45) is 11.7 Å². The van der Waals surface area contributed by atoms with Gasteiger partial charge >= 0.3 is 0 Å². The highest BCUT2D eigenvalue weighted by Crippen LogP contribution is 2.39. The van der Waals surface area contributed by atoms with Gasteiger partial charge in [-0.05, 0) is 55.0 Å². The molecule has 3 rings (SSSR count). The molecular weight excluding hydrogens is 422 g/mol. The molecule has 0 aliphatic heterocycles. The van der Waals surface area contributed by atoms with Gasteiger partial charge in [-0.1, -0.05) is 20.8 Å². The number of fused-ring (bicyclic) bond motifs is 1. The van der Waals surface area contributed by atoms with Gasteiger partial charge in [0.25, 0.3) is 11.8 Å². The van der Waals surface area contributed by atoms with Gasteiger partial charge in [0.15, 0.2) is 0 Å². The summed E-state index contributed by atoms with van der Waals surface area (Å²) in [5.74, 6) is -0.484. The highest BCUT2D eigenvalue weighted by Gasteiger charge is 2.28. The molecular formula is C21H27N3O4S2. The van der Waals surface area contributed by atoms with Gasteiger partial charge in [0, 0.05) is 23.5 Å². The zero-order valence-corrected chi connectivity index (χ0v) is 19.0. The van der Waals surface area contributed by atoms with E-state index >= 15 is 0 Å². The monoisotopic (exact) mass is 449 g/mol. The summed E-state index contributed by atoms with van der Waals surface area (Å²) in [4.78, 5) is 26.1. The Kier molecular flexibility index (Phi) is 6.64. The highest BCUT2D eigenvalue weighted by molar-refractivity contribution is 7.89. The third-order valence-corrected chi connectivity index (χ3v) is 8.71. The number of amides is 2. The van der Waals surface area contributed by atoms with Crippen LogP contribution in [-0.4, -0.2) is 37.6 Å². The standard InChI is InChI=1S/C21H27N3O4S2/c1-4-24(5-2)30(27,28)15-9-7-14(8-10-15)20(26)23-21-18(19(22)25)16-12-13(3)6-11-17(16)29-21/h7-10,13H,4-6,11-12H2,1-3H3,(H2,22,25)(H,23,26). The number of nitrogens with one attached hydrogen (secondary N) is 1. The molecule has 1 heterocycles. The zero-order valence-electron chi connectivity index (χ0n) is 17.4.